The molecule has 0 aliphatic heterocycles. The molecule has 1 heterocycles. The molecule has 1 N–H and O–H groups in total. The third-order valence-corrected chi connectivity index (χ3v) is 3.50. The average molecular weight is 313 g/mol. The van der Waals surface area contributed by atoms with Gasteiger partial charge in [0.15, 0.2) is 0 Å². The Balaban J connectivity index is 2.44. The van der Waals surface area contributed by atoms with Crippen molar-refractivity contribution in [1.82, 2.24) is 9.78 Å². The predicted octanol–water partition coefficient (Wildman–Crippen LogP) is 3.19. The summed E-state index contributed by atoms with van der Waals surface area (Å²) >= 11 is 3.37. The summed E-state index contributed by atoms with van der Waals surface area (Å²) in [4.78, 5) is 0. The first-order chi connectivity index (χ1) is 8.54. The second-order valence-corrected chi connectivity index (χ2v) is 4.96. The van der Waals surface area contributed by atoms with E-state index in [1.54, 1.807) is 29.9 Å². The molecule has 0 saturated heterocycles. The minimum absolute atomic E-state index is 0.269. The molecule has 0 spiro atoms. The van der Waals surface area contributed by atoms with Gasteiger partial charge in [0.25, 0.3) is 0 Å². The lowest BCUT2D eigenvalue weighted by Gasteiger charge is -2.14. The molecular weight excluding hydrogens is 299 g/mol. The fourth-order valence-electron chi connectivity index (χ4n) is 1.89. The van der Waals surface area contributed by atoms with Crippen molar-refractivity contribution in [1.29, 1.82) is 0 Å². The van der Waals surface area contributed by atoms with Crippen LogP contribution < -0.4 is 0 Å². The molecule has 1 aromatic carbocycles. The van der Waals surface area contributed by atoms with E-state index < -0.39 is 6.10 Å². The Hall–Kier alpha value is -1.20. The van der Waals surface area contributed by atoms with E-state index in [9.17, 15) is 9.50 Å². The molecule has 1 aromatic heterocycles. The van der Waals surface area contributed by atoms with E-state index in [0.29, 0.717) is 23.4 Å². The van der Waals surface area contributed by atoms with Crippen molar-refractivity contribution in [2.24, 2.45) is 0 Å². The Morgan fingerprint density at radius 3 is 2.83 bits per heavy atom. The van der Waals surface area contributed by atoms with Gasteiger partial charge in [0.05, 0.1) is 16.4 Å². The molecule has 1 unspecified atom stereocenters. The Labute approximate surface area is 113 Å². The zero-order valence-electron chi connectivity index (χ0n) is 10.2. The van der Waals surface area contributed by atoms with Gasteiger partial charge in [0.1, 0.15) is 11.9 Å². The van der Waals surface area contributed by atoms with Crippen LogP contribution in [0.1, 0.15) is 29.8 Å². The van der Waals surface area contributed by atoms with Crippen LogP contribution in [0.2, 0.25) is 0 Å². The van der Waals surface area contributed by atoms with Crippen molar-refractivity contribution in [3.05, 3.63) is 51.5 Å². The van der Waals surface area contributed by atoms with Gasteiger partial charge in [-0.2, -0.15) is 5.10 Å². The summed E-state index contributed by atoms with van der Waals surface area (Å²) in [5.41, 5.74) is 1.86. The lowest BCUT2D eigenvalue weighted by atomic mass is 10.0. The summed E-state index contributed by atoms with van der Waals surface area (Å²) in [6.07, 6.45) is 0.833. The number of nitrogens with zero attached hydrogens (tertiary/aromatic N) is 2. The van der Waals surface area contributed by atoms with Crippen LogP contribution in [-0.2, 0) is 6.54 Å². The molecule has 0 fully saturated rings. The Bertz CT molecular complexity index is 568. The monoisotopic (exact) mass is 312 g/mol. The Morgan fingerprint density at radius 2 is 2.22 bits per heavy atom. The van der Waals surface area contributed by atoms with E-state index in [1.165, 1.54) is 6.07 Å². The highest BCUT2D eigenvalue weighted by molar-refractivity contribution is 9.10. The molecule has 2 aromatic rings. The normalized spacial score (nSPS) is 12.7. The predicted molar refractivity (Wildman–Crippen MR) is 70.8 cm³/mol. The third kappa shape index (κ3) is 2.33. The molecule has 1 atom stereocenters. The van der Waals surface area contributed by atoms with Gasteiger partial charge in [0.2, 0.25) is 0 Å². The van der Waals surface area contributed by atoms with Crippen molar-refractivity contribution in [3.8, 4) is 0 Å². The van der Waals surface area contributed by atoms with Crippen molar-refractivity contribution in [2.75, 3.05) is 0 Å². The molecule has 0 aliphatic rings. The number of benzene rings is 1. The fourth-order valence-corrected chi connectivity index (χ4v) is 2.40. The highest BCUT2D eigenvalue weighted by atomic mass is 79.9. The van der Waals surface area contributed by atoms with Crippen LogP contribution in [0, 0.1) is 12.7 Å². The summed E-state index contributed by atoms with van der Waals surface area (Å²) in [5.74, 6) is -0.269. The molecule has 5 heteroatoms. The molecule has 0 bridgehead atoms. The number of aliphatic hydroxyl groups is 1. The molecule has 0 radical (unpaired) electrons. The number of halogens is 2. The van der Waals surface area contributed by atoms with E-state index in [1.807, 2.05) is 6.92 Å². The summed E-state index contributed by atoms with van der Waals surface area (Å²) in [7, 11) is 0. The van der Waals surface area contributed by atoms with Gasteiger partial charge in [-0.3, -0.25) is 4.68 Å². The van der Waals surface area contributed by atoms with E-state index >= 15 is 0 Å². The molecular formula is C13H14BrFN2O. The maximum absolute atomic E-state index is 13.2. The van der Waals surface area contributed by atoms with Crippen molar-refractivity contribution in [2.45, 2.75) is 26.5 Å². The van der Waals surface area contributed by atoms with Crippen molar-refractivity contribution in [3.63, 3.8) is 0 Å². The second-order valence-electron chi connectivity index (χ2n) is 4.10. The zero-order chi connectivity index (χ0) is 13.3. The fraction of sp³-hybridized carbons (Fsp3) is 0.308. The maximum Gasteiger partial charge on any atom is 0.126 e. The smallest absolute Gasteiger partial charge is 0.126 e. The van der Waals surface area contributed by atoms with E-state index in [-0.39, 0.29) is 5.82 Å². The summed E-state index contributed by atoms with van der Waals surface area (Å²) < 4.78 is 15.7. The Kier molecular flexibility index (Phi) is 3.82. The first-order valence-corrected chi connectivity index (χ1v) is 6.49. The molecule has 0 saturated carbocycles. The van der Waals surface area contributed by atoms with Crippen LogP contribution >= 0.6 is 15.9 Å². The van der Waals surface area contributed by atoms with E-state index in [2.05, 4.69) is 21.0 Å². The van der Waals surface area contributed by atoms with Crippen molar-refractivity contribution < 1.29 is 9.50 Å². The van der Waals surface area contributed by atoms with Gasteiger partial charge in [-0.15, -0.1) is 0 Å². The lowest BCUT2D eigenvalue weighted by Crippen LogP contribution is -2.10. The van der Waals surface area contributed by atoms with Gasteiger partial charge in [0, 0.05) is 6.54 Å². The summed E-state index contributed by atoms with van der Waals surface area (Å²) in [6, 6.07) is 4.61. The molecule has 2 rings (SSSR count). The van der Waals surface area contributed by atoms with E-state index in [0.717, 1.165) is 4.47 Å². The second kappa shape index (κ2) is 5.20. The first-order valence-electron chi connectivity index (χ1n) is 5.70. The number of hydrogen-bond donors (Lipinski definition) is 1. The topological polar surface area (TPSA) is 38.0 Å². The number of aliphatic hydroxyl groups excluding tert-OH is 1. The number of aromatic nitrogens is 2. The lowest BCUT2D eigenvalue weighted by molar-refractivity contribution is 0.207. The first kappa shape index (κ1) is 13.2. The van der Waals surface area contributed by atoms with Gasteiger partial charge in [-0.25, -0.2) is 4.39 Å². The number of aryl methyl sites for hydroxylation is 2. The number of hydrogen-bond acceptors (Lipinski definition) is 2. The van der Waals surface area contributed by atoms with Crippen LogP contribution in [0.15, 0.2) is 28.9 Å². The van der Waals surface area contributed by atoms with Crippen molar-refractivity contribution >= 4 is 15.9 Å². The highest BCUT2D eigenvalue weighted by Gasteiger charge is 2.19. The molecule has 96 valence electrons. The van der Waals surface area contributed by atoms with E-state index in [4.69, 9.17) is 0 Å². The Morgan fingerprint density at radius 1 is 1.50 bits per heavy atom. The van der Waals surface area contributed by atoms with Crippen LogP contribution in [0.4, 0.5) is 4.39 Å². The van der Waals surface area contributed by atoms with Gasteiger partial charge >= 0.3 is 0 Å². The molecule has 18 heavy (non-hydrogen) atoms. The van der Waals surface area contributed by atoms with Gasteiger partial charge in [-0.1, -0.05) is 12.1 Å². The van der Waals surface area contributed by atoms with Gasteiger partial charge in [-0.05, 0) is 47.0 Å². The minimum atomic E-state index is -0.818. The minimum Gasteiger partial charge on any atom is -0.382 e. The molecule has 0 amide bonds. The van der Waals surface area contributed by atoms with Gasteiger partial charge < -0.3 is 5.11 Å². The maximum atomic E-state index is 13.2. The third-order valence-electron chi connectivity index (χ3n) is 2.89. The van der Waals surface area contributed by atoms with Crippen LogP contribution in [0.5, 0.6) is 0 Å². The summed E-state index contributed by atoms with van der Waals surface area (Å²) in [5, 5.41) is 14.5. The standard InChI is InChI=1S/C13H14BrFN2O/c1-3-17-12(10(14)7-16-17)13(18)9-4-5-11(15)8(2)6-9/h4-7,13,18H,3H2,1-2H3. The van der Waals surface area contributed by atoms with Crippen LogP contribution in [0.3, 0.4) is 0 Å². The SMILES string of the molecule is CCn1ncc(Br)c1C(O)c1ccc(F)c(C)c1. The number of rotatable bonds is 3. The van der Waals surface area contributed by atoms with Crippen LogP contribution in [-0.4, -0.2) is 14.9 Å². The largest absolute Gasteiger partial charge is 0.382 e. The summed E-state index contributed by atoms with van der Waals surface area (Å²) in [6.45, 7) is 4.29. The molecule has 3 nitrogen and oxygen atoms in total. The highest BCUT2D eigenvalue weighted by Crippen LogP contribution is 2.29. The van der Waals surface area contributed by atoms with Crippen LogP contribution in [0.25, 0.3) is 0 Å². The average Bonchev–Trinajstić information content (AvgIpc) is 2.73. The quantitative estimate of drug-likeness (QED) is 0.945. The zero-order valence-corrected chi connectivity index (χ0v) is 11.8. The molecule has 0 aliphatic carbocycles.